The summed E-state index contributed by atoms with van der Waals surface area (Å²) in [5.74, 6) is 1.51. The van der Waals surface area contributed by atoms with Crippen molar-refractivity contribution >= 4 is 23.3 Å². The number of rotatable bonds is 8. The van der Waals surface area contributed by atoms with E-state index in [-0.39, 0.29) is 0 Å². The Morgan fingerprint density at radius 2 is 1.54 bits per heavy atom. The average molecular weight is 408 g/mol. The minimum Gasteiger partial charge on any atom is -0.493 e. The van der Waals surface area contributed by atoms with E-state index in [2.05, 4.69) is 16.5 Å². The molecule has 0 radical (unpaired) electrons. The summed E-state index contributed by atoms with van der Waals surface area (Å²) < 4.78 is 15.7. The molecule has 0 saturated heterocycles. The fourth-order valence-corrected chi connectivity index (χ4v) is 4.04. The summed E-state index contributed by atoms with van der Waals surface area (Å²) in [5, 5.41) is 18.9. The van der Waals surface area contributed by atoms with E-state index in [9.17, 15) is 5.26 Å². The van der Waals surface area contributed by atoms with E-state index in [1.54, 1.807) is 24.3 Å². The first-order chi connectivity index (χ1) is 13.7. The van der Waals surface area contributed by atoms with Crippen LogP contribution in [0.5, 0.6) is 11.5 Å². The molecule has 2 aromatic carbocycles. The third-order valence-electron chi connectivity index (χ3n) is 3.89. The Morgan fingerprint density at radius 3 is 2.07 bits per heavy atom. The van der Waals surface area contributed by atoms with Crippen molar-refractivity contribution < 1.29 is 9.47 Å². The number of aromatic nitrogens is 1. The van der Waals surface area contributed by atoms with Crippen LogP contribution in [0.1, 0.15) is 17.5 Å². The van der Waals surface area contributed by atoms with Crippen LogP contribution in [0.3, 0.4) is 0 Å². The molecule has 3 aromatic rings. The van der Waals surface area contributed by atoms with E-state index in [1.807, 2.05) is 30.5 Å². The van der Waals surface area contributed by atoms with Crippen molar-refractivity contribution in [2.45, 2.75) is 11.4 Å². The fraction of sp³-hybridized carbons (Fsp3) is 0.190. The van der Waals surface area contributed by atoms with Crippen molar-refractivity contribution in [3.63, 3.8) is 0 Å². The lowest BCUT2D eigenvalue weighted by atomic mass is 10.1. The summed E-state index contributed by atoms with van der Waals surface area (Å²) in [6.45, 7) is 1.07. The van der Waals surface area contributed by atoms with Gasteiger partial charge in [0.15, 0.2) is 0 Å². The molecule has 1 aromatic heterocycles. The molecule has 5 nitrogen and oxygen atoms in total. The zero-order chi connectivity index (χ0) is 19.8. The van der Waals surface area contributed by atoms with Gasteiger partial charge in [0.05, 0.1) is 29.7 Å². The highest BCUT2D eigenvalue weighted by Crippen LogP contribution is 2.34. The van der Waals surface area contributed by atoms with E-state index >= 15 is 0 Å². The van der Waals surface area contributed by atoms with E-state index in [1.165, 1.54) is 23.3 Å². The summed E-state index contributed by atoms with van der Waals surface area (Å²) >= 11 is 2.82. The first-order valence-electron chi connectivity index (χ1n) is 8.55. The van der Waals surface area contributed by atoms with Crippen molar-refractivity contribution in [1.82, 2.24) is 4.37 Å². The largest absolute Gasteiger partial charge is 0.493 e. The maximum absolute atomic E-state index is 9.36. The average Bonchev–Trinajstić information content (AvgIpc) is 3.17. The van der Waals surface area contributed by atoms with E-state index < -0.39 is 0 Å². The molecule has 7 heteroatoms. The first kappa shape index (κ1) is 19.8. The highest BCUT2D eigenvalue weighted by molar-refractivity contribution is 7.98. The standard InChI is InChI=1S/C21H17N3O2S2/c1-27-21-19(14-23)20(28-24-21)16-5-9-18(10-6-16)26-12-2-11-25-17-7-3-15(13-22)4-8-17/h3-10H,2,11-12H2,1H3. The zero-order valence-corrected chi connectivity index (χ0v) is 16.8. The molecular formula is C21H17N3O2S2. The molecule has 0 saturated carbocycles. The molecule has 3 rings (SSSR count). The Kier molecular flexibility index (Phi) is 6.91. The number of hydrogen-bond acceptors (Lipinski definition) is 7. The highest BCUT2D eigenvalue weighted by Gasteiger charge is 2.14. The molecule has 140 valence electrons. The van der Waals surface area contributed by atoms with Crippen LogP contribution in [0.25, 0.3) is 10.4 Å². The van der Waals surface area contributed by atoms with Crippen LogP contribution >= 0.6 is 23.3 Å². The quantitative estimate of drug-likeness (QED) is 0.381. The van der Waals surface area contributed by atoms with Gasteiger partial charge < -0.3 is 9.47 Å². The van der Waals surface area contributed by atoms with E-state index in [0.717, 1.165) is 33.4 Å². The lowest BCUT2D eigenvalue weighted by Gasteiger charge is -2.08. The Hall–Kier alpha value is -3.00. The zero-order valence-electron chi connectivity index (χ0n) is 15.2. The SMILES string of the molecule is CSc1nsc(-c2ccc(OCCCOc3ccc(C#N)cc3)cc2)c1C#N. The van der Waals surface area contributed by atoms with Crippen LogP contribution in [-0.4, -0.2) is 23.8 Å². The summed E-state index contributed by atoms with van der Waals surface area (Å²) in [4.78, 5) is 0.884. The van der Waals surface area contributed by atoms with Gasteiger partial charge in [0.1, 0.15) is 28.2 Å². The van der Waals surface area contributed by atoms with Crippen LogP contribution in [0.15, 0.2) is 53.6 Å². The van der Waals surface area contributed by atoms with Crippen LogP contribution in [0.2, 0.25) is 0 Å². The van der Waals surface area contributed by atoms with E-state index in [4.69, 9.17) is 14.7 Å². The van der Waals surface area contributed by atoms with Gasteiger partial charge in [-0.3, -0.25) is 0 Å². The van der Waals surface area contributed by atoms with Gasteiger partial charge >= 0.3 is 0 Å². The molecule has 0 aliphatic rings. The third-order valence-corrected chi connectivity index (χ3v) is 5.59. The molecule has 0 aliphatic carbocycles. The Labute approximate surface area is 172 Å². The molecule has 0 atom stereocenters. The van der Waals surface area contributed by atoms with Crippen molar-refractivity contribution in [2.24, 2.45) is 0 Å². The Morgan fingerprint density at radius 1 is 0.929 bits per heavy atom. The number of hydrogen-bond donors (Lipinski definition) is 0. The third kappa shape index (κ3) is 4.83. The second-order valence-electron chi connectivity index (χ2n) is 5.72. The maximum Gasteiger partial charge on any atom is 0.128 e. The van der Waals surface area contributed by atoms with E-state index in [0.29, 0.717) is 24.3 Å². The minimum absolute atomic E-state index is 0.536. The number of ether oxygens (including phenoxy) is 2. The van der Waals surface area contributed by atoms with Gasteiger partial charge in [-0.1, -0.05) is 0 Å². The summed E-state index contributed by atoms with van der Waals surface area (Å²) in [7, 11) is 0. The van der Waals surface area contributed by atoms with Crippen LogP contribution < -0.4 is 9.47 Å². The molecule has 1 heterocycles. The van der Waals surface area contributed by atoms with Gasteiger partial charge in [-0.15, -0.1) is 11.8 Å². The van der Waals surface area contributed by atoms with Crippen LogP contribution in [0.4, 0.5) is 0 Å². The number of nitriles is 2. The molecule has 0 unspecified atom stereocenters. The first-order valence-corrected chi connectivity index (χ1v) is 10.5. The lowest BCUT2D eigenvalue weighted by molar-refractivity contribution is 0.247. The molecule has 0 bridgehead atoms. The topological polar surface area (TPSA) is 78.9 Å². The Balaban J connectivity index is 1.48. The maximum atomic E-state index is 9.36. The van der Waals surface area contributed by atoms with Gasteiger partial charge in [0.2, 0.25) is 0 Å². The molecule has 0 amide bonds. The second kappa shape index (κ2) is 9.80. The van der Waals surface area contributed by atoms with Crippen LogP contribution in [-0.2, 0) is 0 Å². The molecule has 0 aliphatic heterocycles. The minimum atomic E-state index is 0.536. The highest BCUT2D eigenvalue weighted by atomic mass is 32.2. The number of thioether (sulfide) groups is 1. The monoisotopic (exact) mass is 407 g/mol. The van der Waals surface area contributed by atoms with Crippen molar-refractivity contribution in [2.75, 3.05) is 19.5 Å². The molecule has 28 heavy (non-hydrogen) atoms. The molecule has 0 spiro atoms. The van der Waals surface area contributed by atoms with Crippen LogP contribution in [0, 0.1) is 22.7 Å². The normalized spacial score (nSPS) is 10.1. The van der Waals surface area contributed by atoms with Gasteiger partial charge in [0.25, 0.3) is 0 Å². The fourth-order valence-electron chi connectivity index (χ4n) is 2.48. The Bertz CT molecular complexity index is 1000. The lowest BCUT2D eigenvalue weighted by Crippen LogP contribution is -2.04. The summed E-state index contributed by atoms with van der Waals surface area (Å²) in [5.41, 5.74) is 2.21. The van der Waals surface area contributed by atoms with Gasteiger partial charge in [-0.25, -0.2) is 0 Å². The molecular weight excluding hydrogens is 390 g/mol. The van der Waals surface area contributed by atoms with Crippen molar-refractivity contribution in [3.05, 3.63) is 59.7 Å². The van der Waals surface area contributed by atoms with Gasteiger partial charge in [-0.2, -0.15) is 14.9 Å². The van der Waals surface area contributed by atoms with Crippen molar-refractivity contribution in [3.8, 4) is 34.1 Å². The number of benzene rings is 2. The predicted molar refractivity (Wildman–Crippen MR) is 111 cm³/mol. The molecule has 0 fully saturated rings. The predicted octanol–water partition coefficient (Wildman–Crippen LogP) is 5.12. The van der Waals surface area contributed by atoms with Crippen molar-refractivity contribution in [1.29, 1.82) is 10.5 Å². The molecule has 0 N–H and O–H groups in total. The summed E-state index contributed by atoms with van der Waals surface area (Å²) in [6.07, 6.45) is 2.66. The second-order valence-corrected chi connectivity index (χ2v) is 7.29. The van der Waals surface area contributed by atoms with Gasteiger partial charge in [-0.05, 0) is 71.9 Å². The summed E-state index contributed by atoms with van der Waals surface area (Å²) in [6, 6.07) is 19.0. The smallest absolute Gasteiger partial charge is 0.128 e. The number of nitrogens with zero attached hydrogens (tertiary/aromatic N) is 3. The van der Waals surface area contributed by atoms with Gasteiger partial charge in [0, 0.05) is 6.42 Å².